The van der Waals surface area contributed by atoms with Gasteiger partial charge in [0.05, 0.1) is 18.2 Å². The number of benzene rings is 1. The standard InChI is InChI=1S/C22H23N5O2/c1-2-16-7-3-4-9-19(16)27-14-17(13-21(27)28)22(29)24-20-10-12-26(25-20)15-18-8-5-6-11-23-18/h3-12,17H,2,13-15H2,1H3,(H,24,25,29). The van der Waals surface area contributed by atoms with Crippen LogP contribution >= 0.6 is 0 Å². The minimum atomic E-state index is -0.395. The highest BCUT2D eigenvalue weighted by molar-refractivity contribution is 6.03. The predicted octanol–water partition coefficient (Wildman–Crippen LogP) is 2.88. The molecule has 3 heterocycles. The van der Waals surface area contributed by atoms with Crippen molar-refractivity contribution in [3.63, 3.8) is 0 Å². The van der Waals surface area contributed by atoms with Crippen molar-refractivity contribution in [2.75, 3.05) is 16.8 Å². The van der Waals surface area contributed by atoms with Crippen LogP contribution in [-0.4, -0.2) is 33.1 Å². The second kappa shape index (κ2) is 8.26. The molecule has 1 saturated heterocycles. The van der Waals surface area contributed by atoms with E-state index in [0.717, 1.165) is 23.4 Å². The van der Waals surface area contributed by atoms with Gasteiger partial charge in [-0.25, -0.2) is 0 Å². The van der Waals surface area contributed by atoms with Crippen LogP contribution < -0.4 is 10.2 Å². The van der Waals surface area contributed by atoms with E-state index in [1.54, 1.807) is 28.0 Å². The van der Waals surface area contributed by atoms with Crippen molar-refractivity contribution < 1.29 is 9.59 Å². The monoisotopic (exact) mass is 389 g/mol. The lowest BCUT2D eigenvalue weighted by Gasteiger charge is -2.19. The third kappa shape index (κ3) is 4.18. The first-order valence-electron chi connectivity index (χ1n) is 9.76. The first kappa shape index (κ1) is 18.9. The Morgan fingerprint density at radius 2 is 2.00 bits per heavy atom. The lowest BCUT2D eigenvalue weighted by Crippen LogP contribution is -2.28. The molecule has 0 radical (unpaired) electrons. The minimum Gasteiger partial charge on any atom is -0.311 e. The molecule has 0 aliphatic carbocycles. The lowest BCUT2D eigenvalue weighted by atomic mass is 10.1. The third-order valence-corrected chi connectivity index (χ3v) is 5.10. The maximum Gasteiger partial charge on any atom is 0.231 e. The molecule has 7 nitrogen and oxygen atoms in total. The van der Waals surface area contributed by atoms with Gasteiger partial charge in [0.2, 0.25) is 11.8 Å². The number of nitrogens with one attached hydrogen (secondary N) is 1. The van der Waals surface area contributed by atoms with Gasteiger partial charge in [-0.2, -0.15) is 5.10 Å². The summed E-state index contributed by atoms with van der Waals surface area (Å²) in [5.74, 6) is -0.121. The molecule has 7 heteroatoms. The molecular weight excluding hydrogens is 366 g/mol. The van der Waals surface area contributed by atoms with Gasteiger partial charge in [0.25, 0.3) is 0 Å². The van der Waals surface area contributed by atoms with E-state index < -0.39 is 5.92 Å². The van der Waals surface area contributed by atoms with E-state index in [2.05, 4.69) is 22.3 Å². The molecule has 1 unspecified atom stereocenters. The number of amides is 2. The van der Waals surface area contributed by atoms with Crippen molar-refractivity contribution in [2.24, 2.45) is 5.92 Å². The number of hydrogen-bond acceptors (Lipinski definition) is 4. The van der Waals surface area contributed by atoms with E-state index in [0.29, 0.717) is 18.9 Å². The van der Waals surface area contributed by atoms with E-state index in [1.807, 2.05) is 42.5 Å². The topological polar surface area (TPSA) is 80.1 Å². The fourth-order valence-electron chi connectivity index (χ4n) is 3.59. The third-order valence-electron chi connectivity index (χ3n) is 5.10. The number of para-hydroxylation sites is 1. The summed E-state index contributed by atoms with van der Waals surface area (Å²) in [5.41, 5.74) is 2.89. The Labute approximate surface area is 169 Å². The summed E-state index contributed by atoms with van der Waals surface area (Å²) in [5, 5.41) is 7.23. The van der Waals surface area contributed by atoms with E-state index >= 15 is 0 Å². The highest BCUT2D eigenvalue weighted by Gasteiger charge is 2.36. The van der Waals surface area contributed by atoms with Crippen LogP contribution in [0, 0.1) is 5.92 Å². The summed E-state index contributed by atoms with van der Waals surface area (Å²) in [6.07, 6.45) is 4.58. The van der Waals surface area contributed by atoms with Gasteiger partial charge in [-0.15, -0.1) is 0 Å². The lowest BCUT2D eigenvalue weighted by molar-refractivity contribution is -0.122. The number of carbonyl (C=O) groups excluding carboxylic acids is 2. The summed E-state index contributed by atoms with van der Waals surface area (Å²) in [6.45, 7) is 2.97. The summed E-state index contributed by atoms with van der Waals surface area (Å²) in [6, 6.07) is 15.3. The predicted molar refractivity (Wildman–Crippen MR) is 110 cm³/mol. The molecule has 148 valence electrons. The Morgan fingerprint density at radius 1 is 1.17 bits per heavy atom. The molecule has 1 fully saturated rings. The van der Waals surface area contributed by atoms with Crippen molar-refractivity contribution in [1.29, 1.82) is 0 Å². The first-order chi connectivity index (χ1) is 14.1. The molecular formula is C22H23N5O2. The highest BCUT2D eigenvalue weighted by atomic mass is 16.2. The van der Waals surface area contributed by atoms with Gasteiger partial charge in [-0.3, -0.25) is 19.3 Å². The van der Waals surface area contributed by atoms with Gasteiger partial charge >= 0.3 is 0 Å². The van der Waals surface area contributed by atoms with E-state index in [9.17, 15) is 9.59 Å². The zero-order valence-corrected chi connectivity index (χ0v) is 16.3. The number of anilines is 2. The summed E-state index contributed by atoms with van der Waals surface area (Å²) in [4.78, 5) is 31.2. The SMILES string of the molecule is CCc1ccccc1N1CC(C(=O)Nc2ccn(Cc3ccccn3)n2)CC1=O. The molecule has 0 spiro atoms. The van der Waals surface area contributed by atoms with Crippen LogP contribution in [0.2, 0.25) is 0 Å². The maximum absolute atomic E-state index is 12.7. The van der Waals surface area contributed by atoms with E-state index in [1.165, 1.54) is 0 Å². The van der Waals surface area contributed by atoms with Crippen LogP contribution in [0.4, 0.5) is 11.5 Å². The van der Waals surface area contributed by atoms with Crippen LogP contribution in [0.25, 0.3) is 0 Å². The Hall–Kier alpha value is -3.48. The van der Waals surface area contributed by atoms with Crippen molar-refractivity contribution in [1.82, 2.24) is 14.8 Å². The Bertz CT molecular complexity index is 1010. The van der Waals surface area contributed by atoms with Gasteiger partial charge < -0.3 is 10.2 Å². The molecule has 1 atom stereocenters. The van der Waals surface area contributed by atoms with Gasteiger partial charge in [-0.1, -0.05) is 31.2 Å². The van der Waals surface area contributed by atoms with Gasteiger partial charge in [0, 0.05) is 37.1 Å². The molecule has 1 N–H and O–H groups in total. The van der Waals surface area contributed by atoms with Crippen molar-refractivity contribution in [3.05, 3.63) is 72.2 Å². The maximum atomic E-state index is 12.7. The molecule has 29 heavy (non-hydrogen) atoms. The van der Waals surface area contributed by atoms with E-state index in [4.69, 9.17) is 0 Å². The smallest absolute Gasteiger partial charge is 0.231 e. The number of nitrogens with zero attached hydrogens (tertiary/aromatic N) is 4. The highest BCUT2D eigenvalue weighted by Crippen LogP contribution is 2.29. The zero-order valence-electron chi connectivity index (χ0n) is 16.3. The van der Waals surface area contributed by atoms with Crippen LogP contribution in [0.3, 0.4) is 0 Å². The molecule has 1 aliphatic heterocycles. The van der Waals surface area contributed by atoms with Gasteiger partial charge in [0.15, 0.2) is 5.82 Å². The second-order valence-corrected chi connectivity index (χ2v) is 7.10. The minimum absolute atomic E-state index is 0.0215. The zero-order chi connectivity index (χ0) is 20.2. The Kier molecular flexibility index (Phi) is 5.37. The summed E-state index contributed by atoms with van der Waals surface area (Å²) < 4.78 is 1.72. The molecule has 1 aromatic carbocycles. The van der Waals surface area contributed by atoms with Crippen LogP contribution in [0.5, 0.6) is 0 Å². The molecule has 4 rings (SSSR count). The van der Waals surface area contributed by atoms with Gasteiger partial charge in [0.1, 0.15) is 0 Å². The van der Waals surface area contributed by atoms with Crippen molar-refractivity contribution >= 4 is 23.3 Å². The van der Waals surface area contributed by atoms with Crippen molar-refractivity contribution in [2.45, 2.75) is 26.3 Å². The Morgan fingerprint density at radius 3 is 2.79 bits per heavy atom. The molecule has 2 amide bonds. The molecule has 3 aromatic rings. The normalized spacial score (nSPS) is 16.2. The number of aryl methyl sites for hydroxylation is 1. The van der Waals surface area contributed by atoms with Crippen LogP contribution in [-0.2, 0) is 22.6 Å². The quantitative estimate of drug-likeness (QED) is 0.703. The van der Waals surface area contributed by atoms with E-state index in [-0.39, 0.29) is 18.2 Å². The average molecular weight is 389 g/mol. The number of pyridine rings is 1. The fraction of sp³-hybridized carbons (Fsp3) is 0.273. The molecule has 0 saturated carbocycles. The number of rotatable bonds is 6. The number of carbonyl (C=O) groups is 2. The second-order valence-electron chi connectivity index (χ2n) is 7.10. The molecule has 0 bridgehead atoms. The fourth-order valence-corrected chi connectivity index (χ4v) is 3.59. The summed E-state index contributed by atoms with van der Waals surface area (Å²) >= 11 is 0. The van der Waals surface area contributed by atoms with Gasteiger partial charge in [-0.05, 0) is 30.2 Å². The number of aromatic nitrogens is 3. The summed E-state index contributed by atoms with van der Waals surface area (Å²) in [7, 11) is 0. The Balaban J connectivity index is 1.40. The number of hydrogen-bond donors (Lipinski definition) is 1. The largest absolute Gasteiger partial charge is 0.311 e. The molecule has 1 aliphatic rings. The average Bonchev–Trinajstić information content (AvgIpc) is 3.35. The molecule has 2 aromatic heterocycles. The first-order valence-corrected chi connectivity index (χ1v) is 9.76. The van der Waals surface area contributed by atoms with Crippen LogP contribution in [0.15, 0.2) is 60.9 Å². The van der Waals surface area contributed by atoms with Crippen LogP contribution in [0.1, 0.15) is 24.6 Å². The van der Waals surface area contributed by atoms with Crippen molar-refractivity contribution in [3.8, 4) is 0 Å².